The first kappa shape index (κ1) is 25.9. The molecule has 0 radical (unpaired) electrons. The van der Waals surface area contributed by atoms with Gasteiger partial charge in [0.15, 0.2) is 5.96 Å². The molecule has 1 unspecified atom stereocenters. The Bertz CT molecular complexity index is 745. The van der Waals surface area contributed by atoms with Gasteiger partial charge in [0.05, 0.1) is 12.9 Å². The zero-order valence-corrected chi connectivity index (χ0v) is 20.5. The van der Waals surface area contributed by atoms with E-state index in [1.54, 1.807) is 7.11 Å². The van der Waals surface area contributed by atoms with Crippen molar-refractivity contribution in [2.24, 2.45) is 10.9 Å². The van der Waals surface area contributed by atoms with Crippen molar-refractivity contribution in [2.75, 3.05) is 58.1 Å². The highest BCUT2D eigenvalue weighted by molar-refractivity contribution is 14.0. The van der Waals surface area contributed by atoms with Gasteiger partial charge in [-0.05, 0) is 31.4 Å². The van der Waals surface area contributed by atoms with Gasteiger partial charge in [0.2, 0.25) is 10.0 Å². The van der Waals surface area contributed by atoms with Crippen molar-refractivity contribution in [3.8, 4) is 5.75 Å². The van der Waals surface area contributed by atoms with Crippen LogP contribution < -0.4 is 15.4 Å². The van der Waals surface area contributed by atoms with Crippen molar-refractivity contribution < 1.29 is 17.9 Å². The van der Waals surface area contributed by atoms with Crippen LogP contribution in [0.4, 0.5) is 5.69 Å². The maximum absolute atomic E-state index is 11.7. The third-order valence-electron chi connectivity index (χ3n) is 4.43. The molecule has 1 aromatic carbocycles. The molecule has 166 valence electrons. The number of aliphatic imine (C=N–C) groups is 1. The summed E-state index contributed by atoms with van der Waals surface area (Å²) in [5.41, 5.74) is 0.883. The lowest BCUT2D eigenvalue weighted by Gasteiger charge is -2.15. The summed E-state index contributed by atoms with van der Waals surface area (Å²) in [6.07, 6.45) is 2.93. The number of guanidine groups is 1. The normalized spacial score (nSPS) is 17.6. The standard InChI is InChI=1S/C19H32N4O4S.HI/c1-4-20-19(21-14-16-9-10-23(15-16)28(3,24)25)22-17-7-5-8-18(13-17)27-12-6-11-26-2;/h5,7-8,13,16H,4,6,9-12,14-15H2,1-3H3,(H2,20,21,22);1H. The SMILES string of the molecule is CCNC(=NCC1CCN(S(C)(=O)=O)C1)Nc1cccc(OCCCOC)c1.I. The molecular formula is C19H33IN4O4S. The molecule has 0 amide bonds. The Morgan fingerprint density at radius 2 is 2.14 bits per heavy atom. The first-order chi connectivity index (χ1) is 13.4. The number of anilines is 1. The number of rotatable bonds is 10. The largest absolute Gasteiger partial charge is 0.493 e. The van der Waals surface area contributed by atoms with Crippen molar-refractivity contribution in [1.29, 1.82) is 0 Å². The van der Waals surface area contributed by atoms with E-state index in [1.807, 2.05) is 31.2 Å². The summed E-state index contributed by atoms with van der Waals surface area (Å²) in [5.74, 6) is 1.70. The number of halogens is 1. The number of ether oxygens (including phenoxy) is 2. The molecule has 2 rings (SSSR count). The van der Waals surface area contributed by atoms with E-state index in [1.165, 1.54) is 10.6 Å². The summed E-state index contributed by atoms with van der Waals surface area (Å²) in [4.78, 5) is 4.64. The highest BCUT2D eigenvalue weighted by Crippen LogP contribution is 2.20. The Morgan fingerprint density at radius 1 is 1.34 bits per heavy atom. The smallest absolute Gasteiger partial charge is 0.211 e. The van der Waals surface area contributed by atoms with Crippen molar-refractivity contribution in [3.63, 3.8) is 0 Å². The number of nitrogens with one attached hydrogen (secondary N) is 2. The minimum absolute atomic E-state index is 0. The highest BCUT2D eigenvalue weighted by Gasteiger charge is 2.28. The molecule has 0 aliphatic carbocycles. The van der Waals surface area contributed by atoms with Crippen molar-refractivity contribution in [2.45, 2.75) is 19.8 Å². The Kier molecular flexibility index (Phi) is 11.8. The molecule has 1 fully saturated rings. The van der Waals surface area contributed by atoms with Gasteiger partial charge in [-0.3, -0.25) is 4.99 Å². The third kappa shape index (κ3) is 9.49. The second kappa shape index (κ2) is 13.2. The molecule has 0 saturated carbocycles. The number of hydrogen-bond donors (Lipinski definition) is 2. The zero-order chi connectivity index (χ0) is 20.4. The highest BCUT2D eigenvalue weighted by atomic mass is 127. The quantitative estimate of drug-likeness (QED) is 0.205. The van der Waals surface area contributed by atoms with Crippen LogP contribution in [0, 0.1) is 5.92 Å². The van der Waals surface area contributed by atoms with Crippen LogP contribution in [0.5, 0.6) is 5.75 Å². The van der Waals surface area contributed by atoms with Crippen molar-refractivity contribution in [3.05, 3.63) is 24.3 Å². The van der Waals surface area contributed by atoms with E-state index in [9.17, 15) is 8.42 Å². The summed E-state index contributed by atoms with van der Waals surface area (Å²) in [7, 11) is -1.44. The van der Waals surface area contributed by atoms with Gasteiger partial charge in [-0.25, -0.2) is 12.7 Å². The summed E-state index contributed by atoms with van der Waals surface area (Å²) >= 11 is 0. The fourth-order valence-corrected chi connectivity index (χ4v) is 3.89. The molecule has 29 heavy (non-hydrogen) atoms. The van der Waals surface area contributed by atoms with Crippen LogP contribution >= 0.6 is 24.0 Å². The number of hydrogen-bond acceptors (Lipinski definition) is 5. The van der Waals surface area contributed by atoms with E-state index in [0.29, 0.717) is 38.8 Å². The molecule has 10 heteroatoms. The van der Waals surface area contributed by atoms with Gasteiger partial charge in [0.25, 0.3) is 0 Å². The van der Waals surface area contributed by atoms with Crippen LogP contribution in [-0.4, -0.2) is 71.4 Å². The average Bonchev–Trinajstić information content (AvgIpc) is 3.13. The summed E-state index contributed by atoms with van der Waals surface area (Å²) < 4.78 is 35.6. The van der Waals surface area contributed by atoms with Gasteiger partial charge >= 0.3 is 0 Å². The Balaban J connectivity index is 0.00000420. The monoisotopic (exact) mass is 540 g/mol. The summed E-state index contributed by atoms with van der Waals surface area (Å²) in [6, 6.07) is 7.73. The van der Waals surface area contributed by atoms with Gasteiger partial charge < -0.3 is 20.1 Å². The molecule has 0 bridgehead atoms. The van der Waals surface area contributed by atoms with Gasteiger partial charge in [0, 0.05) is 58.1 Å². The van der Waals surface area contributed by atoms with E-state index in [-0.39, 0.29) is 29.9 Å². The van der Waals surface area contributed by atoms with E-state index < -0.39 is 10.0 Å². The van der Waals surface area contributed by atoms with Crippen LogP contribution in [0.3, 0.4) is 0 Å². The second-order valence-electron chi connectivity index (χ2n) is 6.84. The molecule has 1 aliphatic heterocycles. The summed E-state index contributed by atoms with van der Waals surface area (Å²) in [6.45, 7) is 5.70. The number of nitrogens with zero attached hydrogens (tertiary/aromatic N) is 2. The molecule has 1 atom stereocenters. The molecular weight excluding hydrogens is 507 g/mol. The van der Waals surface area contributed by atoms with Crippen molar-refractivity contribution in [1.82, 2.24) is 9.62 Å². The molecule has 8 nitrogen and oxygen atoms in total. The fourth-order valence-electron chi connectivity index (χ4n) is 2.97. The number of benzene rings is 1. The van der Waals surface area contributed by atoms with Crippen LogP contribution in [0.25, 0.3) is 0 Å². The molecule has 1 aliphatic rings. The maximum atomic E-state index is 11.7. The Morgan fingerprint density at radius 3 is 2.79 bits per heavy atom. The molecule has 0 spiro atoms. The Hall–Kier alpha value is -1.11. The van der Waals surface area contributed by atoms with Crippen molar-refractivity contribution >= 4 is 45.6 Å². The van der Waals surface area contributed by atoms with E-state index in [2.05, 4.69) is 15.6 Å². The van der Waals surface area contributed by atoms with Crippen LogP contribution in [0.2, 0.25) is 0 Å². The lowest BCUT2D eigenvalue weighted by atomic mass is 10.1. The van der Waals surface area contributed by atoms with Gasteiger partial charge in [-0.2, -0.15) is 0 Å². The predicted octanol–water partition coefficient (Wildman–Crippen LogP) is 2.38. The zero-order valence-electron chi connectivity index (χ0n) is 17.4. The lowest BCUT2D eigenvalue weighted by Crippen LogP contribution is -2.31. The van der Waals surface area contributed by atoms with Crippen LogP contribution in [0.15, 0.2) is 29.3 Å². The van der Waals surface area contributed by atoms with Gasteiger partial charge in [0.1, 0.15) is 5.75 Å². The Labute approximate surface area is 191 Å². The molecule has 0 aromatic heterocycles. The van der Waals surface area contributed by atoms with E-state index in [0.717, 1.165) is 30.8 Å². The van der Waals surface area contributed by atoms with Crippen LogP contribution in [0.1, 0.15) is 19.8 Å². The van der Waals surface area contributed by atoms with Gasteiger partial charge in [-0.15, -0.1) is 24.0 Å². The predicted molar refractivity (Wildman–Crippen MR) is 128 cm³/mol. The first-order valence-electron chi connectivity index (χ1n) is 9.64. The first-order valence-corrected chi connectivity index (χ1v) is 11.5. The van der Waals surface area contributed by atoms with E-state index in [4.69, 9.17) is 9.47 Å². The van der Waals surface area contributed by atoms with E-state index >= 15 is 0 Å². The lowest BCUT2D eigenvalue weighted by molar-refractivity contribution is 0.172. The van der Waals surface area contributed by atoms with Crippen LogP contribution in [-0.2, 0) is 14.8 Å². The fraction of sp³-hybridized carbons (Fsp3) is 0.632. The third-order valence-corrected chi connectivity index (χ3v) is 5.70. The average molecular weight is 540 g/mol. The minimum atomic E-state index is -3.12. The molecule has 2 N–H and O–H groups in total. The molecule has 1 heterocycles. The van der Waals surface area contributed by atoms with Gasteiger partial charge in [-0.1, -0.05) is 6.07 Å². The molecule has 1 saturated heterocycles. The summed E-state index contributed by atoms with van der Waals surface area (Å²) in [5, 5.41) is 6.52. The maximum Gasteiger partial charge on any atom is 0.211 e. The second-order valence-corrected chi connectivity index (χ2v) is 8.83. The molecule has 1 aromatic rings. The number of sulfonamides is 1. The topological polar surface area (TPSA) is 92.3 Å². The number of methoxy groups -OCH3 is 1. The minimum Gasteiger partial charge on any atom is -0.493 e.